The van der Waals surface area contributed by atoms with E-state index in [1.165, 1.54) is 0 Å². The van der Waals surface area contributed by atoms with Gasteiger partial charge in [0, 0.05) is 12.3 Å². The summed E-state index contributed by atoms with van der Waals surface area (Å²) in [6.07, 6.45) is -1.27. The van der Waals surface area contributed by atoms with E-state index in [0.29, 0.717) is 0 Å². The molecule has 0 spiro atoms. The summed E-state index contributed by atoms with van der Waals surface area (Å²) in [6, 6.07) is 16.1. The second kappa shape index (κ2) is 9.28. The summed E-state index contributed by atoms with van der Waals surface area (Å²) in [5, 5.41) is 11.7. The van der Waals surface area contributed by atoms with Gasteiger partial charge < -0.3 is 19.9 Å². The van der Waals surface area contributed by atoms with Crippen LogP contribution < -0.4 is 10.1 Å². The van der Waals surface area contributed by atoms with Crippen molar-refractivity contribution in [3.63, 3.8) is 0 Å². The largest absolute Gasteiger partial charge is 0.491 e. The number of carboxylic acids is 1. The number of benzene rings is 3. The quantitative estimate of drug-likeness (QED) is 0.550. The van der Waals surface area contributed by atoms with Gasteiger partial charge in [-0.3, -0.25) is 0 Å². The number of ether oxygens (including phenoxy) is 2. The van der Waals surface area contributed by atoms with Gasteiger partial charge in [0.05, 0.1) is 7.11 Å². The topological polar surface area (TPSA) is 84.9 Å². The van der Waals surface area contributed by atoms with Crippen LogP contribution in [0.1, 0.15) is 22.6 Å². The number of hydrogen-bond donors (Lipinski definition) is 2. The number of methoxy groups -OCH3 is 1. The number of nitrogens with one attached hydrogen (secondary N) is 1. The standard InChI is InChI=1S/C25H21F2NO5/c1-32-23-20(26)10-14(11-21(23)27)12-22(24(29)30)28-25(31)33-13-19-17-8-4-2-6-15(17)16-7-3-5-9-18(16)19/h2-11,19,22H,12-13H2,1H3,(H,28,31)(H,29,30)/t22-/m1/s1. The van der Waals surface area contributed by atoms with E-state index in [1.807, 2.05) is 48.5 Å². The maximum absolute atomic E-state index is 13.9. The summed E-state index contributed by atoms with van der Waals surface area (Å²) in [6.45, 7) is 0.0119. The van der Waals surface area contributed by atoms with Crippen LogP contribution in [0.25, 0.3) is 11.1 Å². The zero-order chi connectivity index (χ0) is 23.5. The molecule has 1 aliphatic carbocycles. The Bertz CT molecular complexity index is 1140. The molecule has 0 aromatic heterocycles. The lowest BCUT2D eigenvalue weighted by Gasteiger charge is -2.18. The van der Waals surface area contributed by atoms with Crippen molar-refractivity contribution < 1.29 is 33.0 Å². The molecule has 3 aromatic rings. The Morgan fingerprint density at radius 3 is 2.06 bits per heavy atom. The molecule has 6 nitrogen and oxygen atoms in total. The van der Waals surface area contributed by atoms with Crippen LogP contribution in [0.2, 0.25) is 0 Å². The van der Waals surface area contributed by atoms with Gasteiger partial charge in [-0.1, -0.05) is 48.5 Å². The number of rotatable bonds is 7. The van der Waals surface area contributed by atoms with E-state index in [-0.39, 0.29) is 24.5 Å². The molecule has 0 aliphatic heterocycles. The van der Waals surface area contributed by atoms with Gasteiger partial charge >= 0.3 is 12.1 Å². The normalized spacial score (nSPS) is 13.1. The van der Waals surface area contributed by atoms with E-state index in [4.69, 9.17) is 4.74 Å². The average molecular weight is 453 g/mol. The molecule has 170 valence electrons. The molecule has 2 N–H and O–H groups in total. The molecule has 1 atom stereocenters. The third-order valence-electron chi connectivity index (χ3n) is 5.64. The summed E-state index contributed by atoms with van der Waals surface area (Å²) in [5.74, 6) is -4.03. The fraction of sp³-hybridized carbons (Fsp3) is 0.200. The number of hydrogen-bond acceptors (Lipinski definition) is 4. The van der Waals surface area contributed by atoms with Gasteiger partial charge in [-0.15, -0.1) is 0 Å². The summed E-state index contributed by atoms with van der Waals surface area (Å²) < 4.78 is 37.9. The Morgan fingerprint density at radius 2 is 1.55 bits per heavy atom. The molecule has 8 heteroatoms. The highest BCUT2D eigenvalue weighted by atomic mass is 19.1. The molecule has 0 bridgehead atoms. The first-order chi connectivity index (χ1) is 15.9. The number of amides is 1. The molecule has 0 saturated carbocycles. The maximum atomic E-state index is 13.9. The van der Waals surface area contributed by atoms with Crippen LogP contribution in [0.5, 0.6) is 5.75 Å². The van der Waals surface area contributed by atoms with Crippen LogP contribution in [-0.2, 0) is 16.0 Å². The fourth-order valence-corrected chi connectivity index (χ4v) is 4.14. The predicted molar refractivity (Wildman–Crippen MR) is 116 cm³/mol. The lowest BCUT2D eigenvalue weighted by atomic mass is 9.98. The van der Waals surface area contributed by atoms with Crippen LogP contribution in [-0.4, -0.2) is 36.9 Å². The first-order valence-electron chi connectivity index (χ1n) is 10.2. The summed E-state index contributed by atoms with van der Waals surface area (Å²) in [5.41, 5.74) is 4.22. The number of carboxylic acid groups (broad SMARTS) is 1. The van der Waals surface area contributed by atoms with Crippen LogP contribution in [0.3, 0.4) is 0 Å². The van der Waals surface area contributed by atoms with Gasteiger partial charge in [-0.05, 0) is 39.9 Å². The molecule has 33 heavy (non-hydrogen) atoms. The predicted octanol–water partition coefficient (Wildman–Crippen LogP) is 4.51. The van der Waals surface area contributed by atoms with Gasteiger partial charge in [-0.2, -0.15) is 0 Å². The number of halogens is 2. The summed E-state index contributed by atoms with van der Waals surface area (Å²) >= 11 is 0. The number of carbonyl (C=O) groups is 2. The Labute approximate surface area is 188 Å². The second-order valence-electron chi connectivity index (χ2n) is 7.66. The van der Waals surface area contributed by atoms with Crippen LogP contribution in [0, 0.1) is 11.6 Å². The van der Waals surface area contributed by atoms with E-state index >= 15 is 0 Å². The number of carbonyl (C=O) groups excluding carboxylic acids is 1. The lowest BCUT2D eigenvalue weighted by Crippen LogP contribution is -2.43. The minimum Gasteiger partial charge on any atom is -0.491 e. The van der Waals surface area contributed by atoms with E-state index in [1.54, 1.807) is 0 Å². The molecule has 0 saturated heterocycles. The van der Waals surface area contributed by atoms with Gasteiger partial charge in [-0.25, -0.2) is 18.4 Å². The van der Waals surface area contributed by atoms with E-state index in [0.717, 1.165) is 41.5 Å². The number of fused-ring (bicyclic) bond motifs is 3. The van der Waals surface area contributed by atoms with E-state index in [2.05, 4.69) is 10.1 Å². The molecule has 4 rings (SSSR count). The second-order valence-corrected chi connectivity index (χ2v) is 7.66. The van der Waals surface area contributed by atoms with Gasteiger partial charge in [0.1, 0.15) is 12.6 Å². The highest BCUT2D eigenvalue weighted by Gasteiger charge is 2.30. The molecular formula is C25H21F2NO5. The van der Waals surface area contributed by atoms with Crippen molar-refractivity contribution in [3.05, 3.63) is 89.0 Å². The Balaban J connectivity index is 1.44. The average Bonchev–Trinajstić information content (AvgIpc) is 3.11. The number of alkyl carbamates (subject to hydrolysis) is 1. The Morgan fingerprint density at radius 1 is 1.00 bits per heavy atom. The van der Waals surface area contributed by atoms with Gasteiger partial charge in [0.2, 0.25) is 0 Å². The molecule has 0 radical (unpaired) electrons. The van der Waals surface area contributed by atoms with E-state index < -0.39 is 35.5 Å². The van der Waals surface area contributed by atoms with E-state index in [9.17, 15) is 23.5 Å². The van der Waals surface area contributed by atoms with Crippen molar-refractivity contribution >= 4 is 12.1 Å². The van der Waals surface area contributed by atoms with Crippen LogP contribution in [0.15, 0.2) is 60.7 Å². The maximum Gasteiger partial charge on any atom is 0.407 e. The molecule has 3 aromatic carbocycles. The smallest absolute Gasteiger partial charge is 0.407 e. The number of aliphatic carboxylic acids is 1. The zero-order valence-electron chi connectivity index (χ0n) is 17.7. The third kappa shape index (κ3) is 4.50. The molecule has 0 heterocycles. The highest BCUT2D eigenvalue weighted by Crippen LogP contribution is 2.44. The van der Waals surface area contributed by atoms with Gasteiger partial charge in [0.25, 0.3) is 0 Å². The summed E-state index contributed by atoms with van der Waals surface area (Å²) in [4.78, 5) is 24.0. The molecule has 1 amide bonds. The van der Waals surface area contributed by atoms with Crippen LogP contribution >= 0.6 is 0 Å². The molecule has 0 unspecified atom stereocenters. The lowest BCUT2D eigenvalue weighted by molar-refractivity contribution is -0.139. The third-order valence-corrected chi connectivity index (χ3v) is 5.64. The van der Waals surface area contributed by atoms with Crippen molar-refractivity contribution in [1.29, 1.82) is 0 Å². The SMILES string of the molecule is COc1c(F)cc(C[C@@H](NC(=O)OCC2c3ccccc3-c3ccccc32)C(=O)O)cc1F. The first kappa shape index (κ1) is 22.3. The monoisotopic (exact) mass is 453 g/mol. The van der Waals surface area contributed by atoms with Crippen molar-refractivity contribution in [2.24, 2.45) is 0 Å². The van der Waals surface area contributed by atoms with Crippen molar-refractivity contribution in [2.75, 3.05) is 13.7 Å². The zero-order valence-corrected chi connectivity index (χ0v) is 17.7. The first-order valence-corrected chi connectivity index (χ1v) is 10.2. The fourth-order valence-electron chi connectivity index (χ4n) is 4.14. The van der Waals surface area contributed by atoms with Crippen molar-refractivity contribution in [2.45, 2.75) is 18.4 Å². The Kier molecular flexibility index (Phi) is 6.26. The van der Waals surface area contributed by atoms with Crippen molar-refractivity contribution in [1.82, 2.24) is 5.32 Å². The minimum absolute atomic E-state index is 0.0119. The van der Waals surface area contributed by atoms with Gasteiger partial charge in [0.15, 0.2) is 17.4 Å². The summed E-state index contributed by atoms with van der Waals surface area (Å²) in [7, 11) is 1.12. The minimum atomic E-state index is -1.44. The molecular weight excluding hydrogens is 432 g/mol. The Hall–Kier alpha value is -3.94. The van der Waals surface area contributed by atoms with Crippen LogP contribution in [0.4, 0.5) is 13.6 Å². The molecule has 0 fully saturated rings. The van der Waals surface area contributed by atoms with Crippen molar-refractivity contribution in [3.8, 4) is 16.9 Å². The highest BCUT2D eigenvalue weighted by molar-refractivity contribution is 5.81. The molecule has 1 aliphatic rings.